The summed E-state index contributed by atoms with van der Waals surface area (Å²) < 4.78 is 15.1. The number of halogens is 1. The van der Waals surface area contributed by atoms with Crippen molar-refractivity contribution in [2.45, 2.75) is 25.8 Å². The van der Waals surface area contributed by atoms with E-state index in [2.05, 4.69) is 5.10 Å². The lowest BCUT2D eigenvalue weighted by molar-refractivity contribution is -0.131. The van der Waals surface area contributed by atoms with Crippen LogP contribution in [0.1, 0.15) is 36.0 Å². The van der Waals surface area contributed by atoms with Crippen LogP contribution in [0.25, 0.3) is 0 Å². The van der Waals surface area contributed by atoms with Gasteiger partial charge in [0.15, 0.2) is 0 Å². The predicted molar refractivity (Wildman–Crippen MR) is 104 cm³/mol. The monoisotopic (exact) mass is 365 g/mol. The molecule has 0 saturated heterocycles. The van der Waals surface area contributed by atoms with E-state index < -0.39 is 0 Å². The summed E-state index contributed by atoms with van der Waals surface area (Å²) in [5.74, 6) is -0.314. The number of benzene rings is 2. The van der Waals surface area contributed by atoms with Gasteiger partial charge in [-0.2, -0.15) is 5.10 Å². The summed E-state index contributed by atoms with van der Waals surface area (Å²) in [6.45, 7) is 3.14. The van der Waals surface area contributed by atoms with Crippen LogP contribution in [0.5, 0.6) is 0 Å². The van der Waals surface area contributed by atoms with Crippen molar-refractivity contribution in [2.24, 2.45) is 7.05 Å². The molecule has 3 rings (SSSR count). The summed E-state index contributed by atoms with van der Waals surface area (Å²) in [7, 11) is 1.86. The molecule has 27 heavy (non-hydrogen) atoms. The Balaban J connectivity index is 1.82. The van der Waals surface area contributed by atoms with Crippen LogP contribution in [0.2, 0.25) is 0 Å². The molecule has 0 N–H and O–H groups in total. The van der Waals surface area contributed by atoms with Gasteiger partial charge in [-0.3, -0.25) is 9.48 Å². The van der Waals surface area contributed by atoms with Gasteiger partial charge in [-0.1, -0.05) is 42.5 Å². The number of hydrogen-bond acceptors (Lipinski definition) is 2. The van der Waals surface area contributed by atoms with Crippen LogP contribution in [0.3, 0.4) is 0 Å². The Labute approximate surface area is 159 Å². The van der Waals surface area contributed by atoms with E-state index in [9.17, 15) is 9.18 Å². The minimum absolute atomic E-state index is 0.0690. The zero-order valence-corrected chi connectivity index (χ0v) is 15.7. The smallest absolute Gasteiger partial charge is 0.223 e. The third-order valence-electron chi connectivity index (χ3n) is 4.72. The average molecular weight is 365 g/mol. The molecular formula is C22H24FN3O. The Hall–Kier alpha value is -2.95. The summed E-state index contributed by atoms with van der Waals surface area (Å²) in [6.07, 6.45) is 4.04. The van der Waals surface area contributed by atoms with Crippen LogP contribution in [0.4, 0.5) is 4.39 Å². The average Bonchev–Trinajstić information content (AvgIpc) is 3.10. The van der Waals surface area contributed by atoms with E-state index in [1.165, 1.54) is 12.1 Å². The first-order valence-corrected chi connectivity index (χ1v) is 9.12. The minimum Gasteiger partial charge on any atom is -0.339 e. The van der Waals surface area contributed by atoms with Crippen molar-refractivity contribution in [2.75, 3.05) is 6.54 Å². The molecule has 0 aliphatic rings. The molecule has 5 heteroatoms. The number of aryl methyl sites for hydroxylation is 1. The van der Waals surface area contributed by atoms with Crippen LogP contribution in [-0.2, 0) is 18.4 Å². The molecule has 140 valence electrons. The maximum Gasteiger partial charge on any atom is 0.223 e. The molecule has 1 amide bonds. The Morgan fingerprint density at radius 1 is 1.11 bits per heavy atom. The first kappa shape index (κ1) is 18.8. The first-order chi connectivity index (χ1) is 13.1. The van der Waals surface area contributed by atoms with E-state index in [-0.39, 0.29) is 17.6 Å². The fourth-order valence-electron chi connectivity index (χ4n) is 3.26. The molecule has 0 aliphatic carbocycles. The van der Waals surface area contributed by atoms with Crippen molar-refractivity contribution >= 4 is 5.91 Å². The second kappa shape index (κ2) is 8.62. The second-order valence-corrected chi connectivity index (χ2v) is 6.65. The number of carbonyl (C=O) groups excluding carboxylic acids is 1. The van der Waals surface area contributed by atoms with Gasteiger partial charge in [-0.05, 0) is 30.2 Å². The van der Waals surface area contributed by atoms with Gasteiger partial charge in [0.2, 0.25) is 5.91 Å². The lowest BCUT2D eigenvalue weighted by Gasteiger charge is -2.24. The molecule has 0 bridgehead atoms. The quantitative estimate of drug-likeness (QED) is 0.631. The van der Waals surface area contributed by atoms with Gasteiger partial charge in [0.25, 0.3) is 0 Å². The highest BCUT2D eigenvalue weighted by molar-refractivity contribution is 5.77. The Morgan fingerprint density at radius 3 is 2.37 bits per heavy atom. The fraction of sp³-hybridized carbons (Fsp3) is 0.273. The van der Waals surface area contributed by atoms with Crippen molar-refractivity contribution in [3.8, 4) is 0 Å². The van der Waals surface area contributed by atoms with E-state index in [0.29, 0.717) is 19.5 Å². The zero-order valence-electron chi connectivity index (χ0n) is 15.7. The van der Waals surface area contributed by atoms with E-state index in [4.69, 9.17) is 0 Å². The number of carbonyl (C=O) groups is 1. The van der Waals surface area contributed by atoms with Gasteiger partial charge in [0, 0.05) is 44.2 Å². The van der Waals surface area contributed by atoms with Gasteiger partial charge >= 0.3 is 0 Å². The zero-order chi connectivity index (χ0) is 19.2. The van der Waals surface area contributed by atoms with Crippen LogP contribution >= 0.6 is 0 Å². The molecule has 0 radical (unpaired) electrons. The van der Waals surface area contributed by atoms with Gasteiger partial charge in [0.05, 0.1) is 6.20 Å². The Kier molecular flexibility index (Phi) is 6.01. The van der Waals surface area contributed by atoms with Crippen LogP contribution in [0.15, 0.2) is 67.0 Å². The highest BCUT2D eigenvalue weighted by atomic mass is 19.1. The molecule has 1 aromatic heterocycles. The molecule has 4 nitrogen and oxygen atoms in total. The van der Waals surface area contributed by atoms with Gasteiger partial charge < -0.3 is 4.90 Å². The van der Waals surface area contributed by atoms with E-state index in [0.717, 1.165) is 16.7 Å². The molecule has 1 unspecified atom stereocenters. The second-order valence-electron chi connectivity index (χ2n) is 6.65. The van der Waals surface area contributed by atoms with Crippen molar-refractivity contribution in [1.29, 1.82) is 0 Å². The summed E-state index contributed by atoms with van der Waals surface area (Å²) in [5, 5.41) is 4.17. The molecule has 0 aliphatic heterocycles. The standard InChI is InChI=1S/C22H24FN3O/c1-3-26(16-17-14-24-25(2)15-17)22(27)13-21(18-7-5-4-6-8-18)19-9-11-20(23)12-10-19/h4-12,14-15,21H,3,13,16H2,1-2H3. The van der Waals surface area contributed by atoms with Crippen LogP contribution in [-0.4, -0.2) is 27.1 Å². The normalized spacial score (nSPS) is 12.0. The Bertz CT molecular complexity index is 874. The van der Waals surface area contributed by atoms with E-state index in [1.54, 1.807) is 23.0 Å². The summed E-state index contributed by atoms with van der Waals surface area (Å²) in [6, 6.07) is 16.3. The topological polar surface area (TPSA) is 38.1 Å². The first-order valence-electron chi connectivity index (χ1n) is 9.12. The molecule has 0 spiro atoms. The third kappa shape index (κ3) is 4.82. The number of nitrogens with zero attached hydrogens (tertiary/aromatic N) is 3. The third-order valence-corrected chi connectivity index (χ3v) is 4.72. The lowest BCUT2D eigenvalue weighted by Crippen LogP contribution is -2.31. The maximum absolute atomic E-state index is 13.4. The maximum atomic E-state index is 13.4. The van der Waals surface area contributed by atoms with Crippen molar-refractivity contribution in [3.05, 3.63) is 89.5 Å². The number of rotatable bonds is 7. The van der Waals surface area contributed by atoms with Crippen molar-refractivity contribution in [1.82, 2.24) is 14.7 Å². The molecule has 3 aromatic rings. The molecule has 0 saturated carbocycles. The number of aromatic nitrogens is 2. The highest BCUT2D eigenvalue weighted by Crippen LogP contribution is 2.29. The van der Waals surface area contributed by atoms with Crippen molar-refractivity contribution in [3.63, 3.8) is 0 Å². The minimum atomic E-state index is -0.274. The van der Waals surface area contributed by atoms with Crippen LogP contribution < -0.4 is 0 Å². The molecule has 0 fully saturated rings. The van der Waals surface area contributed by atoms with Gasteiger partial charge in [-0.15, -0.1) is 0 Å². The van der Waals surface area contributed by atoms with Gasteiger partial charge in [-0.25, -0.2) is 4.39 Å². The highest BCUT2D eigenvalue weighted by Gasteiger charge is 2.22. The van der Waals surface area contributed by atoms with Gasteiger partial charge in [0.1, 0.15) is 5.82 Å². The fourth-order valence-corrected chi connectivity index (χ4v) is 3.26. The molecule has 1 atom stereocenters. The predicted octanol–water partition coefficient (Wildman–Crippen LogP) is 4.13. The lowest BCUT2D eigenvalue weighted by atomic mass is 9.88. The number of amides is 1. The molecular weight excluding hydrogens is 341 g/mol. The van der Waals surface area contributed by atoms with Crippen molar-refractivity contribution < 1.29 is 9.18 Å². The SMILES string of the molecule is CCN(Cc1cnn(C)c1)C(=O)CC(c1ccccc1)c1ccc(F)cc1. The summed E-state index contributed by atoms with van der Waals surface area (Å²) >= 11 is 0. The summed E-state index contributed by atoms with van der Waals surface area (Å²) in [5.41, 5.74) is 2.99. The van der Waals surface area contributed by atoms with Crippen LogP contribution in [0, 0.1) is 5.82 Å². The molecule has 1 heterocycles. The van der Waals surface area contributed by atoms with E-state index in [1.807, 2.05) is 55.4 Å². The summed E-state index contributed by atoms with van der Waals surface area (Å²) in [4.78, 5) is 14.9. The largest absolute Gasteiger partial charge is 0.339 e. The molecule has 2 aromatic carbocycles. The number of hydrogen-bond donors (Lipinski definition) is 0. The Morgan fingerprint density at radius 2 is 1.78 bits per heavy atom. The van der Waals surface area contributed by atoms with E-state index >= 15 is 0 Å².